The molecule has 2 aromatic rings. The van der Waals surface area contributed by atoms with Crippen LogP contribution in [0.5, 0.6) is 0 Å². The van der Waals surface area contributed by atoms with Gasteiger partial charge in [0.05, 0.1) is 11.6 Å². The third-order valence-electron chi connectivity index (χ3n) is 4.30. The number of carbonyl (C=O) groups is 1. The third-order valence-corrected chi connectivity index (χ3v) is 4.55. The van der Waals surface area contributed by atoms with Crippen molar-refractivity contribution in [2.24, 2.45) is 0 Å². The molecule has 2 aromatic carbocycles. The minimum Gasteiger partial charge on any atom is -0.623 e. The summed E-state index contributed by atoms with van der Waals surface area (Å²) < 4.78 is 27.7. The number of nitrogens with one attached hydrogen (secondary N) is 1. The van der Waals surface area contributed by atoms with Gasteiger partial charge >= 0.3 is 0 Å². The predicted octanol–water partition coefficient (Wildman–Crippen LogP) is 4.08. The summed E-state index contributed by atoms with van der Waals surface area (Å²) in [6, 6.07) is 9.28. The van der Waals surface area contributed by atoms with Gasteiger partial charge in [-0.1, -0.05) is 29.8 Å². The van der Waals surface area contributed by atoms with E-state index in [1.165, 1.54) is 12.1 Å². The molecule has 0 spiro atoms. The molecule has 0 fully saturated rings. The molecule has 0 saturated carbocycles. The average molecular weight is 365 g/mol. The molecule has 1 heterocycles. The number of hydrogen-bond donors (Lipinski definition) is 1. The van der Waals surface area contributed by atoms with E-state index >= 15 is 0 Å². The first-order chi connectivity index (χ1) is 11.9. The van der Waals surface area contributed by atoms with E-state index in [1.807, 2.05) is 0 Å². The second kappa shape index (κ2) is 6.80. The highest BCUT2D eigenvalue weighted by Crippen LogP contribution is 2.32. The molecule has 0 radical (unpaired) electrons. The van der Waals surface area contributed by atoms with Crippen molar-refractivity contribution in [3.05, 3.63) is 69.9 Å². The van der Waals surface area contributed by atoms with Gasteiger partial charge in [-0.25, -0.2) is 13.5 Å². The van der Waals surface area contributed by atoms with Crippen molar-refractivity contribution in [3.8, 4) is 0 Å². The molecule has 25 heavy (non-hydrogen) atoms. The van der Waals surface area contributed by atoms with Crippen molar-refractivity contribution < 1.29 is 18.3 Å². The Bertz CT molecular complexity index is 853. The van der Waals surface area contributed by atoms with E-state index in [-0.39, 0.29) is 5.69 Å². The zero-order valence-corrected chi connectivity index (χ0v) is 14.1. The van der Waals surface area contributed by atoms with E-state index < -0.39 is 29.5 Å². The fourth-order valence-corrected chi connectivity index (χ4v) is 3.15. The molecule has 1 aliphatic rings. The van der Waals surface area contributed by atoms with Crippen LogP contribution in [0.4, 0.5) is 14.5 Å². The summed E-state index contributed by atoms with van der Waals surface area (Å²) in [4.78, 5) is 12.6. The van der Waals surface area contributed by atoms with Gasteiger partial charge in [0.15, 0.2) is 17.3 Å². The Kier molecular flexibility index (Phi) is 4.72. The normalized spacial score (nSPS) is 20.0. The Morgan fingerprint density at radius 3 is 2.60 bits per heavy atom. The van der Waals surface area contributed by atoms with Crippen LogP contribution in [0.3, 0.4) is 0 Å². The second-order valence-corrected chi connectivity index (χ2v) is 6.40. The number of nitrogens with zero attached hydrogens (tertiary/aromatic N) is 1. The van der Waals surface area contributed by atoms with Crippen molar-refractivity contribution in [1.82, 2.24) is 0 Å². The van der Waals surface area contributed by atoms with E-state index in [4.69, 9.17) is 11.6 Å². The van der Waals surface area contributed by atoms with Gasteiger partial charge in [-0.05, 0) is 29.8 Å². The molecule has 0 aliphatic carbocycles. The van der Waals surface area contributed by atoms with Crippen molar-refractivity contribution in [1.29, 1.82) is 0 Å². The lowest BCUT2D eigenvalue weighted by atomic mass is 9.90. The molecule has 7 heteroatoms. The number of amides is 1. The number of halogens is 3. The first kappa shape index (κ1) is 17.4. The summed E-state index contributed by atoms with van der Waals surface area (Å²) in [7, 11) is 0. The maximum absolute atomic E-state index is 13.8. The topological polar surface area (TPSA) is 55.2 Å². The van der Waals surface area contributed by atoms with Crippen LogP contribution in [0, 0.1) is 16.8 Å². The van der Waals surface area contributed by atoms with Gasteiger partial charge in [0.1, 0.15) is 0 Å². The Morgan fingerprint density at radius 1 is 1.24 bits per heavy atom. The standard InChI is InChI=1S/C18H15ClF2N2O2/c1-10-9-13(11-5-7-12(19)8-6-11)17(23(10)25)18(24)22-15-4-2-3-14(20)16(15)21/h2-8,13,17H,9H2,1H3,(H,22,24)/t13-,17+/m0/s1. The molecule has 4 nitrogen and oxygen atoms in total. The number of rotatable bonds is 3. The minimum atomic E-state index is -1.16. The lowest BCUT2D eigenvalue weighted by Gasteiger charge is -2.19. The summed E-state index contributed by atoms with van der Waals surface area (Å²) in [6.45, 7) is 1.64. The number of anilines is 1. The van der Waals surface area contributed by atoms with Gasteiger partial charge in [-0.2, -0.15) is 0 Å². The Hall–Kier alpha value is -2.47. The molecular formula is C18H15ClF2N2O2. The minimum absolute atomic E-state index is 0.294. The smallest absolute Gasteiger partial charge is 0.295 e. The second-order valence-electron chi connectivity index (χ2n) is 5.96. The zero-order chi connectivity index (χ0) is 18.1. The van der Waals surface area contributed by atoms with Gasteiger partial charge in [0.2, 0.25) is 6.04 Å². The Morgan fingerprint density at radius 2 is 1.92 bits per heavy atom. The summed E-state index contributed by atoms with van der Waals surface area (Å²) in [5.41, 5.74) is 0.986. The third kappa shape index (κ3) is 3.35. The zero-order valence-electron chi connectivity index (χ0n) is 13.3. The summed E-state index contributed by atoms with van der Waals surface area (Å²) >= 11 is 5.88. The Labute approximate surface area is 148 Å². The highest BCUT2D eigenvalue weighted by Gasteiger charge is 2.43. The molecule has 0 bridgehead atoms. The number of benzene rings is 2. The molecule has 1 N–H and O–H groups in total. The van der Waals surface area contributed by atoms with E-state index in [0.29, 0.717) is 21.9 Å². The number of carbonyl (C=O) groups excluding carboxylic acids is 1. The first-order valence-electron chi connectivity index (χ1n) is 7.67. The van der Waals surface area contributed by atoms with Crippen molar-refractivity contribution >= 4 is 28.9 Å². The van der Waals surface area contributed by atoms with E-state index in [1.54, 1.807) is 31.2 Å². The predicted molar refractivity (Wildman–Crippen MR) is 91.9 cm³/mol. The summed E-state index contributed by atoms with van der Waals surface area (Å²) in [6.07, 6.45) is 0.398. The molecule has 3 rings (SSSR count). The Balaban J connectivity index is 1.89. The van der Waals surface area contributed by atoms with Crippen LogP contribution in [-0.4, -0.2) is 22.4 Å². The van der Waals surface area contributed by atoms with Gasteiger partial charge in [-0.15, -0.1) is 0 Å². The molecule has 2 atom stereocenters. The molecule has 130 valence electrons. The van der Waals surface area contributed by atoms with E-state index in [2.05, 4.69) is 5.32 Å². The van der Waals surface area contributed by atoms with E-state index in [0.717, 1.165) is 11.6 Å². The highest BCUT2D eigenvalue weighted by molar-refractivity contribution is 6.30. The molecule has 0 unspecified atom stereocenters. The van der Waals surface area contributed by atoms with Crippen molar-refractivity contribution in [3.63, 3.8) is 0 Å². The maximum Gasteiger partial charge on any atom is 0.295 e. The summed E-state index contributed by atoms with van der Waals surface area (Å²) in [5, 5.41) is 15.2. The van der Waals surface area contributed by atoms with Crippen molar-refractivity contribution in [2.45, 2.75) is 25.3 Å². The number of hydrogen-bond acceptors (Lipinski definition) is 2. The SMILES string of the molecule is CC1=[N+]([O-])[C@@H](C(=O)Nc2cccc(F)c2F)[C@H](c2ccc(Cl)cc2)C1. The highest BCUT2D eigenvalue weighted by atomic mass is 35.5. The van der Waals surface area contributed by atoms with Crippen LogP contribution in [0.2, 0.25) is 5.02 Å². The van der Waals surface area contributed by atoms with Crippen LogP contribution in [0.15, 0.2) is 42.5 Å². The molecule has 0 saturated heterocycles. The summed E-state index contributed by atoms with van der Waals surface area (Å²) in [5.74, 6) is -3.31. The van der Waals surface area contributed by atoms with Crippen molar-refractivity contribution in [2.75, 3.05) is 5.32 Å². The number of hydroxylamine groups is 1. The lowest BCUT2D eigenvalue weighted by molar-refractivity contribution is -0.479. The van der Waals surface area contributed by atoms with Gasteiger partial charge < -0.3 is 10.5 Å². The fraction of sp³-hybridized carbons (Fsp3) is 0.222. The largest absolute Gasteiger partial charge is 0.623 e. The average Bonchev–Trinajstić information content (AvgIpc) is 2.88. The van der Waals surface area contributed by atoms with Crippen LogP contribution < -0.4 is 5.32 Å². The molecule has 1 amide bonds. The molecule has 0 aromatic heterocycles. The lowest BCUT2D eigenvalue weighted by Crippen LogP contribution is -2.37. The first-order valence-corrected chi connectivity index (χ1v) is 8.05. The quantitative estimate of drug-likeness (QED) is 0.659. The van der Waals surface area contributed by atoms with Crippen LogP contribution >= 0.6 is 11.6 Å². The van der Waals surface area contributed by atoms with Gasteiger partial charge in [0, 0.05) is 18.4 Å². The molecule has 1 aliphatic heterocycles. The molecular weight excluding hydrogens is 350 g/mol. The monoisotopic (exact) mass is 364 g/mol. The van der Waals surface area contributed by atoms with E-state index in [9.17, 15) is 18.8 Å². The van der Waals surface area contributed by atoms with Crippen LogP contribution in [0.25, 0.3) is 0 Å². The fourth-order valence-electron chi connectivity index (χ4n) is 3.03. The van der Waals surface area contributed by atoms with Crippen LogP contribution in [0.1, 0.15) is 24.8 Å². The maximum atomic E-state index is 13.8. The van der Waals surface area contributed by atoms with Gasteiger partial charge in [0.25, 0.3) is 5.91 Å². The van der Waals surface area contributed by atoms with Crippen LogP contribution in [-0.2, 0) is 4.79 Å². The van der Waals surface area contributed by atoms with Gasteiger partial charge in [-0.3, -0.25) is 4.79 Å².